The monoisotopic (exact) mass is 500 g/mol. The molecule has 0 bridgehead atoms. The van der Waals surface area contributed by atoms with E-state index in [1.807, 2.05) is 31.7 Å². The standard InChI is InChI=1S/C26H32N10O/c1-16-23(27)26(15-37-16)5-8-35(9-6-26)21-13-29-22-19(32-21)12-30-25(22)36-10-7-28-24-20(36)4-3-18(33-24)17-11-31-34(2)14-17/h3-4,11,13-14,16,23H,5-10,12,15,27H2,1-2H3,(H,28,33)/t16-,23+/m0/s1. The second-order valence-corrected chi connectivity index (χ2v) is 10.6. The van der Waals surface area contributed by atoms with E-state index in [0.717, 1.165) is 91.4 Å². The number of hydrogen-bond acceptors (Lipinski definition) is 10. The zero-order valence-electron chi connectivity index (χ0n) is 21.3. The number of amidine groups is 1. The van der Waals surface area contributed by atoms with Crippen LogP contribution < -0.4 is 20.9 Å². The third-order valence-electron chi connectivity index (χ3n) is 8.40. The lowest BCUT2D eigenvalue weighted by Crippen LogP contribution is -2.50. The van der Waals surface area contributed by atoms with Crippen LogP contribution in [0.15, 0.2) is 35.7 Å². The van der Waals surface area contributed by atoms with Gasteiger partial charge in [0.2, 0.25) is 0 Å². The summed E-state index contributed by atoms with van der Waals surface area (Å²) in [4.78, 5) is 24.1. The number of piperidine rings is 1. The average molecular weight is 501 g/mol. The maximum Gasteiger partial charge on any atom is 0.156 e. The highest BCUT2D eigenvalue weighted by Gasteiger charge is 2.47. The Morgan fingerprint density at radius 2 is 2.00 bits per heavy atom. The first-order valence-electron chi connectivity index (χ1n) is 13.1. The van der Waals surface area contributed by atoms with Crippen LogP contribution in [0.2, 0.25) is 0 Å². The zero-order valence-corrected chi connectivity index (χ0v) is 21.3. The fourth-order valence-electron chi connectivity index (χ4n) is 6.10. The van der Waals surface area contributed by atoms with Crippen LogP contribution in [-0.2, 0) is 18.3 Å². The van der Waals surface area contributed by atoms with Gasteiger partial charge in [-0.25, -0.2) is 15.0 Å². The van der Waals surface area contributed by atoms with Crippen molar-refractivity contribution in [3.63, 3.8) is 0 Å². The van der Waals surface area contributed by atoms with Gasteiger partial charge in [0, 0.05) is 56.4 Å². The van der Waals surface area contributed by atoms with E-state index >= 15 is 0 Å². The van der Waals surface area contributed by atoms with Gasteiger partial charge in [0.25, 0.3) is 0 Å². The van der Waals surface area contributed by atoms with Crippen LogP contribution in [0.3, 0.4) is 0 Å². The number of aryl methyl sites for hydroxylation is 1. The molecular weight excluding hydrogens is 468 g/mol. The van der Waals surface area contributed by atoms with Gasteiger partial charge in [0.05, 0.1) is 48.7 Å². The molecule has 3 aromatic heterocycles. The Balaban J connectivity index is 1.10. The Morgan fingerprint density at radius 1 is 1.14 bits per heavy atom. The molecule has 11 heteroatoms. The van der Waals surface area contributed by atoms with Crippen molar-refractivity contribution >= 4 is 23.2 Å². The van der Waals surface area contributed by atoms with Crippen molar-refractivity contribution in [3.05, 3.63) is 42.1 Å². The summed E-state index contributed by atoms with van der Waals surface area (Å²) < 4.78 is 7.67. The number of ether oxygens (including phenoxy) is 1. The molecule has 37 heavy (non-hydrogen) atoms. The maximum atomic E-state index is 6.50. The van der Waals surface area contributed by atoms with Gasteiger partial charge in [0.15, 0.2) is 11.7 Å². The summed E-state index contributed by atoms with van der Waals surface area (Å²) in [6.45, 7) is 6.79. The van der Waals surface area contributed by atoms with Gasteiger partial charge >= 0.3 is 0 Å². The van der Waals surface area contributed by atoms with Crippen LogP contribution in [0.4, 0.5) is 17.3 Å². The van der Waals surface area contributed by atoms with Crippen molar-refractivity contribution < 1.29 is 4.74 Å². The maximum absolute atomic E-state index is 6.50. The number of hydrogen-bond donors (Lipinski definition) is 2. The molecule has 3 N–H and O–H groups in total. The second kappa shape index (κ2) is 8.49. The molecule has 11 nitrogen and oxygen atoms in total. The molecular formula is C26H32N10O. The van der Waals surface area contributed by atoms with E-state index in [4.69, 9.17) is 30.4 Å². The lowest BCUT2D eigenvalue weighted by molar-refractivity contribution is 0.0974. The number of aliphatic imine (C=N–C) groups is 1. The van der Waals surface area contributed by atoms with Crippen molar-refractivity contribution in [2.24, 2.45) is 23.2 Å². The summed E-state index contributed by atoms with van der Waals surface area (Å²) in [5.74, 6) is 2.64. The van der Waals surface area contributed by atoms with Crippen LogP contribution in [0, 0.1) is 5.41 Å². The van der Waals surface area contributed by atoms with Gasteiger partial charge < -0.3 is 25.6 Å². The summed E-state index contributed by atoms with van der Waals surface area (Å²) in [6.07, 6.45) is 7.87. The summed E-state index contributed by atoms with van der Waals surface area (Å²) in [7, 11) is 1.91. The number of fused-ring (bicyclic) bond motifs is 2. The van der Waals surface area contributed by atoms with E-state index in [1.165, 1.54) is 0 Å². The Bertz CT molecular complexity index is 1380. The van der Waals surface area contributed by atoms with Gasteiger partial charge in [-0.2, -0.15) is 5.10 Å². The van der Waals surface area contributed by atoms with Crippen LogP contribution in [0.25, 0.3) is 11.3 Å². The van der Waals surface area contributed by atoms with E-state index in [2.05, 4.69) is 33.2 Å². The molecule has 0 aromatic carbocycles. The smallest absolute Gasteiger partial charge is 0.156 e. The largest absolute Gasteiger partial charge is 0.376 e. The third-order valence-corrected chi connectivity index (χ3v) is 8.40. The molecule has 4 aliphatic heterocycles. The Hall–Kier alpha value is -3.57. The van der Waals surface area contributed by atoms with Gasteiger partial charge in [-0.1, -0.05) is 0 Å². The molecule has 0 unspecified atom stereocenters. The minimum Gasteiger partial charge on any atom is -0.376 e. The summed E-state index contributed by atoms with van der Waals surface area (Å²) >= 11 is 0. The zero-order chi connectivity index (χ0) is 25.1. The van der Waals surface area contributed by atoms with Crippen molar-refractivity contribution in [2.75, 3.05) is 47.9 Å². The highest BCUT2D eigenvalue weighted by Crippen LogP contribution is 2.42. The number of nitrogens with zero attached hydrogens (tertiary/aromatic N) is 8. The predicted molar refractivity (Wildman–Crippen MR) is 142 cm³/mol. The number of aromatic nitrogens is 5. The number of nitrogens with two attached hydrogens (primary N) is 1. The second-order valence-electron chi connectivity index (χ2n) is 10.6. The molecule has 2 saturated heterocycles. The highest BCUT2D eigenvalue weighted by atomic mass is 16.5. The molecule has 0 amide bonds. The van der Waals surface area contributed by atoms with Crippen molar-refractivity contribution in [2.45, 2.75) is 38.5 Å². The van der Waals surface area contributed by atoms with Crippen LogP contribution in [0.1, 0.15) is 31.2 Å². The predicted octanol–water partition coefficient (Wildman–Crippen LogP) is 1.80. The lowest BCUT2D eigenvalue weighted by atomic mass is 9.73. The molecule has 3 aromatic rings. The van der Waals surface area contributed by atoms with Crippen molar-refractivity contribution in [1.82, 2.24) is 24.7 Å². The molecule has 0 aliphatic carbocycles. The first-order valence-corrected chi connectivity index (χ1v) is 13.1. The molecule has 0 radical (unpaired) electrons. The quantitative estimate of drug-likeness (QED) is 0.542. The molecule has 2 atom stereocenters. The number of nitrogens with one attached hydrogen (secondary N) is 1. The summed E-state index contributed by atoms with van der Waals surface area (Å²) in [5, 5.41) is 7.71. The van der Waals surface area contributed by atoms with Gasteiger partial charge in [-0.05, 0) is 31.9 Å². The van der Waals surface area contributed by atoms with Gasteiger partial charge in [-0.3, -0.25) is 9.67 Å². The summed E-state index contributed by atoms with van der Waals surface area (Å²) in [6, 6.07) is 4.24. The minimum absolute atomic E-state index is 0.0942. The highest BCUT2D eigenvalue weighted by molar-refractivity contribution is 6.12. The molecule has 1 spiro atoms. The number of anilines is 3. The lowest BCUT2D eigenvalue weighted by Gasteiger charge is -2.41. The first-order chi connectivity index (χ1) is 18.0. The average Bonchev–Trinajstić information content (AvgIpc) is 3.63. The number of rotatable bonds is 2. The fraction of sp³-hybridized carbons (Fsp3) is 0.500. The molecule has 4 aliphatic rings. The Morgan fingerprint density at radius 3 is 2.76 bits per heavy atom. The van der Waals surface area contributed by atoms with Crippen molar-refractivity contribution in [1.29, 1.82) is 0 Å². The van der Waals surface area contributed by atoms with Crippen LogP contribution in [0.5, 0.6) is 0 Å². The molecule has 0 saturated carbocycles. The van der Waals surface area contributed by atoms with Crippen LogP contribution >= 0.6 is 0 Å². The van der Waals surface area contributed by atoms with E-state index in [0.29, 0.717) is 6.54 Å². The molecule has 2 fully saturated rings. The minimum atomic E-state index is 0.0942. The van der Waals surface area contributed by atoms with Crippen molar-refractivity contribution in [3.8, 4) is 11.3 Å². The van der Waals surface area contributed by atoms with E-state index < -0.39 is 0 Å². The van der Waals surface area contributed by atoms with E-state index in [1.54, 1.807) is 4.68 Å². The topological polar surface area (TPSA) is 123 Å². The van der Waals surface area contributed by atoms with Gasteiger partial charge in [-0.15, -0.1) is 0 Å². The summed E-state index contributed by atoms with van der Waals surface area (Å²) in [5.41, 5.74) is 11.3. The molecule has 192 valence electrons. The molecule has 7 rings (SSSR count). The van der Waals surface area contributed by atoms with E-state index in [-0.39, 0.29) is 17.6 Å². The fourth-order valence-corrected chi connectivity index (χ4v) is 6.10. The number of pyridine rings is 1. The van der Waals surface area contributed by atoms with Gasteiger partial charge in [0.1, 0.15) is 11.5 Å². The van der Waals surface area contributed by atoms with E-state index in [9.17, 15) is 0 Å². The SMILES string of the molecule is C[C@@H]1OCC2(CCN(c3cnc4c(n3)CN=C4N3CCNc4nc(-c5cnn(C)c5)ccc43)CC2)[C@@H]1N. The first kappa shape index (κ1) is 22.6. The van der Waals surface area contributed by atoms with Crippen LogP contribution in [-0.4, -0.2) is 75.5 Å². The third kappa shape index (κ3) is 3.67. The normalized spacial score (nSPS) is 24.1. The Labute approximate surface area is 215 Å². The molecule has 7 heterocycles. The Kier molecular flexibility index (Phi) is 5.19.